The van der Waals surface area contributed by atoms with Crippen LogP contribution in [0.5, 0.6) is 5.75 Å². The fourth-order valence-corrected chi connectivity index (χ4v) is 2.63. The molecule has 0 spiro atoms. The second-order valence-electron chi connectivity index (χ2n) is 6.32. The third kappa shape index (κ3) is 4.51. The van der Waals surface area contributed by atoms with Gasteiger partial charge in [0.25, 0.3) is 0 Å². The number of nitrogens with one attached hydrogen (secondary N) is 2. The van der Waals surface area contributed by atoms with Crippen molar-refractivity contribution in [1.29, 1.82) is 0 Å². The number of para-hydroxylation sites is 2. The van der Waals surface area contributed by atoms with E-state index in [0.717, 1.165) is 28.1 Å². The van der Waals surface area contributed by atoms with Crippen molar-refractivity contribution in [3.8, 4) is 5.75 Å². The number of aryl methyl sites for hydroxylation is 2. The third-order valence-electron chi connectivity index (χ3n) is 3.90. The molecule has 0 saturated carbocycles. The highest BCUT2D eigenvalue weighted by molar-refractivity contribution is 5.91. The summed E-state index contributed by atoms with van der Waals surface area (Å²) in [6, 6.07) is 13.5. The highest BCUT2D eigenvalue weighted by Gasteiger charge is 2.13. The number of carbonyl (C=O) groups is 1. The molecule has 24 heavy (non-hydrogen) atoms. The first-order chi connectivity index (χ1) is 11.4. The van der Waals surface area contributed by atoms with Crippen LogP contribution in [0, 0.1) is 13.8 Å². The van der Waals surface area contributed by atoms with Gasteiger partial charge in [-0.2, -0.15) is 0 Å². The largest absolute Gasteiger partial charge is 0.471 e. The van der Waals surface area contributed by atoms with Crippen LogP contribution in [-0.4, -0.2) is 12.3 Å². The van der Waals surface area contributed by atoms with Crippen LogP contribution < -0.4 is 15.4 Å². The van der Waals surface area contributed by atoms with E-state index in [4.69, 9.17) is 4.74 Å². The Hall–Kier alpha value is -2.49. The number of carbonyl (C=O) groups excluding carboxylic acids is 1. The van der Waals surface area contributed by atoms with Crippen molar-refractivity contribution in [2.24, 2.45) is 0 Å². The number of hydrogen-bond acceptors (Lipinski definition) is 2. The van der Waals surface area contributed by atoms with E-state index in [1.807, 2.05) is 63.2 Å². The van der Waals surface area contributed by atoms with Gasteiger partial charge in [0, 0.05) is 5.69 Å². The SMILES string of the molecule is Cc1cccc(C)c1NC(=O)NC(C)Oc1ccccc1C(C)C. The Balaban J connectivity index is 2.00. The third-order valence-corrected chi connectivity index (χ3v) is 3.90. The van der Waals surface area contributed by atoms with E-state index in [-0.39, 0.29) is 6.03 Å². The van der Waals surface area contributed by atoms with Crippen molar-refractivity contribution in [3.63, 3.8) is 0 Å². The summed E-state index contributed by atoms with van der Waals surface area (Å²) in [5.74, 6) is 1.16. The number of ether oxygens (including phenoxy) is 1. The van der Waals surface area contributed by atoms with E-state index in [2.05, 4.69) is 24.5 Å². The fourth-order valence-electron chi connectivity index (χ4n) is 2.63. The lowest BCUT2D eigenvalue weighted by Gasteiger charge is -2.20. The maximum Gasteiger partial charge on any atom is 0.322 e. The summed E-state index contributed by atoms with van der Waals surface area (Å²) >= 11 is 0. The molecule has 1 unspecified atom stereocenters. The Morgan fingerprint density at radius 3 is 2.21 bits per heavy atom. The molecular formula is C20H26N2O2. The average Bonchev–Trinajstić information content (AvgIpc) is 2.51. The van der Waals surface area contributed by atoms with Gasteiger partial charge in [-0.25, -0.2) is 4.79 Å². The first-order valence-corrected chi connectivity index (χ1v) is 8.27. The van der Waals surface area contributed by atoms with Crippen LogP contribution in [-0.2, 0) is 0 Å². The van der Waals surface area contributed by atoms with Crippen LogP contribution in [0.15, 0.2) is 42.5 Å². The highest BCUT2D eigenvalue weighted by Crippen LogP contribution is 2.26. The van der Waals surface area contributed by atoms with Crippen LogP contribution >= 0.6 is 0 Å². The Bertz CT molecular complexity index is 690. The van der Waals surface area contributed by atoms with Gasteiger partial charge in [0.05, 0.1) is 0 Å². The van der Waals surface area contributed by atoms with Crippen molar-refractivity contribution in [1.82, 2.24) is 5.32 Å². The van der Waals surface area contributed by atoms with Crippen LogP contribution in [0.1, 0.15) is 43.4 Å². The van der Waals surface area contributed by atoms with Crippen molar-refractivity contribution in [3.05, 3.63) is 59.2 Å². The summed E-state index contributed by atoms with van der Waals surface area (Å²) in [4.78, 5) is 12.2. The van der Waals surface area contributed by atoms with E-state index in [1.165, 1.54) is 0 Å². The molecule has 2 rings (SSSR count). The molecule has 0 aliphatic heterocycles. The number of amides is 2. The molecule has 4 nitrogen and oxygen atoms in total. The molecule has 0 radical (unpaired) electrons. The van der Waals surface area contributed by atoms with E-state index in [0.29, 0.717) is 5.92 Å². The molecule has 128 valence electrons. The molecule has 0 fully saturated rings. The van der Waals surface area contributed by atoms with Crippen molar-refractivity contribution < 1.29 is 9.53 Å². The number of rotatable bonds is 5. The predicted molar refractivity (Wildman–Crippen MR) is 98.7 cm³/mol. The Morgan fingerprint density at radius 2 is 1.58 bits per heavy atom. The zero-order valence-electron chi connectivity index (χ0n) is 15.0. The van der Waals surface area contributed by atoms with Gasteiger partial charge >= 0.3 is 6.03 Å². The number of benzene rings is 2. The molecule has 4 heteroatoms. The monoisotopic (exact) mass is 326 g/mol. The van der Waals surface area contributed by atoms with Gasteiger partial charge in [-0.05, 0) is 49.4 Å². The quantitative estimate of drug-likeness (QED) is 0.762. The van der Waals surface area contributed by atoms with Crippen molar-refractivity contribution >= 4 is 11.7 Å². The van der Waals surface area contributed by atoms with Crippen molar-refractivity contribution in [2.75, 3.05) is 5.32 Å². The molecule has 0 aliphatic carbocycles. The molecule has 0 bridgehead atoms. The summed E-state index contributed by atoms with van der Waals surface area (Å²) in [5.41, 5.74) is 4.03. The van der Waals surface area contributed by atoms with Crippen LogP contribution in [0.2, 0.25) is 0 Å². The number of urea groups is 1. The highest BCUT2D eigenvalue weighted by atomic mass is 16.5. The van der Waals surface area contributed by atoms with Gasteiger partial charge in [0.1, 0.15) is 5.75 Å². The second kappa shape index (κ2) is 7.86. The molecule has 0 heterocycles. The summed E-state index contributed by atoms with van der Waals surface area (Å²) in [6.45, 7) is 10.0. The standard InChI is InChI=1S/C20H26N2O2/c1-13(2)17-11-6-7-12-18(17)24-16(5)21-20(23)22-19-14(3)9-8-10-15(19)4/h6-13,16H,1-5H3,(H2,21,22,23). The van der Waals surface area contributed by atoms with Gasteiger partial charge in [0.15, 0.2) is 6.23 Å². The lowest BCUT2D eigenvalue weighted by atomic mass is 10.0. The van der Waals surface area contributed by atoms with Gasteiger partial charge in [-0.15, -0.1) is 0 Å². The molecule has 2 amide bonds. The molecule has 0 aromatic heterocycles. The number of anilines is 1. The van der Waals surface area contributed by atoms with Gasteiger partial charge in [0.2, 0.25) is 0 Å². The zero-order valence-corrected chi connectivity index (χ0v) is 15.0. The summed E-state index contributed by atoms with van der Waals surface area (Å²) in [6.07, 6.45) is -0.436. The van der Waals surface area contributed by atoms with Crippen LogP contribution in [0.3, 0.4) is 0 Å². The van der Waals surface area contributed by atoms with Gasteiger partial charge in [-0.1, -0.05) is 50.2 Å². The van der Waals surface area contributed by atoms with Crippen LogP contribution in [0.25, 0.3) is 0 Å². The minimum absolute atomic E-state index is 0.276. The van der Waals surface area contributed by atoms with Gasteiger partial charge < -0.3 is 15.4 Å². The van der Waals surface area contributed by atoms with Crippen molar-refractivity contribution in [2.45, 2.75) is 46.8 Å². The lowest BCUT2D eigenvalue weighted by molar-refractivity contribution is 0.181. The number of hydrogen-bond donors (Lipinski definition) is 2. The van der Waals surface area contributed by atoms with Gasteiger partial charge in [-0.3, -0.25) is 0 Å². The average molecular weight is 326 g/mol. The maximum absolute atomic E-state index is 12.2. The smallest absolute Gasteiger partial charge is 0.322 e. The zero-order chi connectivity index (χ0) is 17.7. The molecule has 0 aliphatic rings. The Kier molecular flexibility index (Phi) is 5.85. The maximum atomic E-state index is 12.2. The van der Waals surface area contributed by atoms with Crippen LogP contribution in [0.4, 0.5) is 10.5 Å². The van der Waals surface area contributed by atoms with E-state index in [9.17, 15) is 4.79 Å². The predicted octanol–water partition coefficient (Wildman–Crippen LogP) is 4.97. The minimum Gasteiger partial charge on any atom is -0.471 e. The Morgan fingerprint density at radius 1 is 0.958 bits per heavy atom. The molecule has 1 atom stereocenters. The molecule has 2 N–H and O–H groups in total. The van der Waals surface area contributed by atoms with E-state index in [1.54, 1.807) is 0 Å². The molecule has 0 saturated heterocycles. The topological polar surface area (TPSA) is 50.4 Å². The first kappa shape index (κ1) is 17.9. The molecule has 2 aromatic carbocycles. The second-order valence-corrected chi connectivity index (χ2v) is 6.32. The molecule has 2 aromatic rings. The fraction of sp³-hybridized carbons (Fsp3) is 0.350. The summed E-state index contributed by atoms with van der Waals surface area (Å²) in [7, 11) is 0. The normalized spacial score (nSPS) is 11.9. The molecular weight excluding hydrogens is 300 g/mol. The van der Waals surface area contributed by atoms with E-state index < -0.39 is 6.23 Å². The lowest BCUT2D eigenvalue weighted by Crippen LogP contribution is -2.39. The Labute approximate surface area is 144 Å². The first-order valence-electron chi connectivity index (χ1n) is 8.27. The van der Waals surface area contributed by atoms with E-state index >= 15 is 0 Å². The summed E-state index contributed by atoms with van der Waals surface area (Å²) in [5, 5.41) is 5.73. The summed E-state index contributed by atoms with van der Waals surface area (Å²) < 4.78 is 5.90. The minimum atomic E-state index is -0.436.